The van der Waals surface area contributed by atoms with Crippen molar-refractivity contribution in [2.45, 2.75) is 33.1 Å². The fourth-order valence-electron chi connectivity index (χ4n) is 3.47. The Hall–Kier alpha value is -3.02. The van der Waals surface area contributed by atoms with Crippen LogP contribution in [0.2, 0.25) is 0 Å². The van der Waals surface area contributed by atoms with E-state index < -0.39 is 0 Å². The van der Waals surface area contributed by atoms with Crippen LogP contribution in [0.4, 0.5) is 10.1 Å². The van der Waals surface area contributed by atoms with Crippen molar-refractivity contribution >= 4 is 11.6 Å². The molecule has 0 saturated carbocycles. The highest BCUT2D eigenvalue weighted by Crippen LogP contribution is 2.34. The highest BCUT2D eigenvalue weighted by Gasteiger charge is 2.36. The van der Waals surface area contributed by atoms with Gasteiger partial charge in [0.2, 0.25) is 17.6 Å². The molecule has 6 heteroatoms. The quantitative estimate of drug-likeness (QED) is 0.693. The Morgan fingerprint density at radius 3 is 2.70 bits per heavy atom. The average Bonchev–Trinajstić information content (AvgIpc) is 3.26. The number of aryl methyl sites for hydroxylation is 3. The maximum absolute atomic E-state index is 13.6. The molecule has 0 N–H and O–H groups in total. The lowest BCUT2D eigenvalue weighted by atomic mass is 10.1. The number of anilines is 1. The third-order valence-corrected chi connectivity index (χ3v) is 5.01. The number of benzene rings is 2. The van der Waals surface area contributed by atoms with Gasteiger partial charge in [-0.1, -0.05) is 28.9 Å². The van der Waals surface area contributed by atoms with Gasteiger partial charge in [-0.2, -0.15) is 4.98 Å². The van der Waals surface area contributed by atoms with E-state index in [1.807, 2.05) is 39.0 Å². The highest BCUT2D eigenvalue weighted by molar-refractivity contribution is 5.97. The van der Waals surface area contributed by atoms with Crippen LogP contribution in [0.15, 0.2) is 40.9 Å². The Labute approximate surface area is 156 Å². The highest BCUT2D eigenvalue weighted by atomic mass is 19.1. The molecular weight excluding hydrogens is 345 g/mol. The maximum Gasteiger partial charge on any atom is 0.232 e. The lowest BCUT2D eigenvalue weighted by molar-refractivity contribution is -0.117. The zero-order valence-electron chi connectivity index (χ0n) is 15.5. The minimum atomic E-state index is -0.359. The SMILES string of the molecule is Cc1ccc(C)c(-c2noc(C3CC(=O)N(c4cc(F)ccc4C)C3)n2)c1. The number of rotatable bonds is 3. The lowest BCUT2D eigenvalue weighted by Gasteiger charge is -2.18. The third-order valence-electron chi connectivity index (χ3n) is 5.01. The number of amides is 1. The van der Waals surface area contributed by atoms with Crippen molar-refractivity contribution < 1.29 is 13.7 Å². The summed E-state index contributed by atoms with van der Waals surface area (Å²) in [6.07, 6.45) is 0.268. The molecule has 1 saturated heterocycles. The molecule has 0 spiro atoms. The van der Waals surface area contributed by atoms with Gasteiger partial charge in [-0.15, -0.1) is 0 Å². The van der Waals surface area contributed by atoms with Crippen LogP contribution in [0.3, 0.4) is 0 Å². The van der Waals surface area contributed by atoms with E-state index in [1.165, 1.54) is 12.1 Å². The number of hydrogen-bond acceptors (Lipinski definition) is 4. The van der Waals surface area contributed by atoms with Crippen molar-refractivity contribution in [3.8, 4) is 11.4 Å². The topological polar surface area (TPSA) is 59.2 Å². The number of carbonyl (C=O) groups excluding carboxylic acids is 1. The van der Waals surface area contributed by atoms with Gasteiger partial charge in [0, 0.05) is 24.2 Å². The average molecular weight is 365 g/mol. The molecule has 0 aliphatic carbocycles. The smallest absolute Gasteiger partial charge is 0.232 e. The Morgan fingerprint density at radius 1 is 1.11 bits per heavy atom. The first-order chi connectivity index (χ1) is 12.9. The number of nitrogens with zero attached hydrogens (tertiary/aromatic N) is 3. The van der Waals surface area contributed by atoms with E-state index in [0.29, 0.717) is 23.9 Å². The van der Waals surface area contributed by atoms with E-state index in [2.05, 4.69) is 10.1 Å². The molecule has 138 valence electrons. The molecule has 4 rings (SSSR count). The molecule has 5 nitrogen and oxygen atoms in total. The van der Waals surface area contributed by atoms with Gasteiger partial charge in [0.1, 0.15) is 5.82 Å². The van der Waals surface area contributed by atoms with Crippen molar-refractivity contribution in [2.24, 2.45) is 0 Å². The molecule has 1 aromatic heterocycles. The molecule has 1 fully saturated rings. The summed E-state index contributed by atoms with van der Waals surface area (Å²) in [6.45, 7) is 6.27. The van der Waals surface area contributed by atoms with Crippen molar-refractivity contribution in [2.75, 3.05) is 11.4 Å². The Balaban J connectivity index is 1.61. The van der Waals surface area contributed by atoms with Gasteiger partial charge in [0.25, 0.3) is 0 Å². The Kier molecular flexibility index (Phi) is 4.26. The number of carbonyl (C=O) groups is 1. The molecule has 0 bridgehead atoms. The summed E-state index contributed by atoms with van der Waals surface area (Å²) in [5, 5.41) is 4.11. The predicted octanol–water partition coefficient (Wildman–Crippen LogP) is 4.32. The second-order valence-corrected chi connectivity index (χ2v) is 7.11. The molecule has 1 atom stereocenters. The molecular formula is C21H20FN3O2. The van der Waals surface area contributed by atoms with Gasteiger partial charge in [0.05, 0.1) is 5.92 Å². The fourth-order valence-corrected chi connectivity index (χ4v) is 3.47. The van der Waals surface area contributed by atoms with Crippen molar-refractivity contribution in [3.63, 3.8) is 0 Å². The molecule has 3 aromatic rings. The van der Waals surface area contributed by atoms with E-state index in [1.54, 1.807) is 11.0 Å². The molecule has 0 radical (unpaired) electrons. The van der Waals surface area contributed by atoms with Crippen LogP contribution in [0.1, 0.15) is 34.9 Å². The Morgan fingerprint density at radius 2 is 1.89 bits per heavy atom. The zero-order valence-corrected chi connectivity index (χ0v) is 15.5. The van der Waals surface area contributed by atoms with Crippen LogP contribution in [0, 0.1) is 26.6 Å². The van der Waals surface area contributed by atoms with Gasteiger partial charge >= 0.3 is 0 Å². The van der Waals surface area contributed by atoms with E-state index >= 15 is 0 Å². The zero-order chi connectivity index (χ0) is 19.1. The first-order valence-corrected chi connectivity index (χ1v) is 8.90. The standard InChI is InChI=1S/C21H20FN3O2/c1-12-4-5-13(2)17(8-12)20-23-21(27-24-20)15-9-19(26)25(11-15)18-10-16(22)7-6-14(18)3/h4-8,10,15H,9,11H2,1-3H3. The molecule has 1 aliphatic rings. The largest absolute Gasteiger partial charge is 0.339 e. The first-order valence-electron chi connectivity index (χ1n) is 8.90. The van der Waals surface area contributed by atoms with Crippen molar-refractivity contribution in [1.29, 1.82) is 0 Å². The van der Waals surface area contributed by atoms with Gasteiger partial charge in [0.15, 0.2) is 0 Å². The van der Waals surface area contributed by atoms with E-state index in [0.717, 1.165) is 22.3 Å². The van der Waals surface area contributed by atoms with Crippen LogP contribution in [-0.2, 0) is 4.79 Å². The van der Waals surface area contributed by atoms with Gasteiger partial charge in [-0.25, -0.2) is 4.39 Å². The summed E-state index contributed by atoms with van der Waals surface area (Å²) in [5.74, 6) is 0.336. The summed E-state index contributed by atoms with van der Waals surface area (Å²) in [5.41, 5.74) is 4.55. The summed E-state index contributed by atoms with van der Waals surface area (Å²) in [6, 6.07) is 10.5. The molecule has 2 aromatic carbocycles. The number of aromatic nitrogens is 2. The second kappa shape index (κ2) is 6.61. The predicted molar refractivity (Wildman–Crippen MR) is 100 cm³/mol. The Bertz CT molecular complexity index is 1030. The minimum Gasteiger partial charge on any atom is -0.339 e. The van der Waals surface area contributed by atoms with E-state index in [9.17, 15) is 9.18 Å². The van der Waals surface area contributed by atoms with Crippen LogP contribution < -0.4 is 4.90 Å². The normalized spacial score (nSPS) is 17.0. The van der Waals surface area contributed by atoms with E-state index in [-0.39, 0.29) is 24.1 Å². The first kappa shape index (κ1) is 17.4. The van der Waals surface area contributed by atoms with Gasteiger partial charge in [-0.3, -0.25) is 4.79 Å². The minimum absolute atomic E-state index is 0.0693. The third kappa shape index (κ3) is 3.23. The van der Waals surface area contributed by atoms with Crippen molar-refractivity contribution in [1.82, 2.24) is 10.1 Å². The lowest BCUT2D eigenvalue weighted by Crippen LogP contribution is -2.25. The van der Waals surface area contributed by atoms with E-state index in [4.69, 9.17) is 4.52 Å². The number of hydrogen-bond donors (Lipinski definition) is 0. The van der Waals surface area contributed by atoms with Gasteiger partial charge < -0.3 is 9.42 Å². The van der Waals surface area contributed by atoms with Crippen LogP contribution in [0.5, 0.6) is 0 Å². The van der Waals surface area contributed by atoms with Crippen molar-refractivity contribution in [3.05, 3.63) is 64.8 Å². The molecule has 2 heterocycles. The fraction of sp³-hybridized carbons (Fsp3) is 0.286. The monoisotopic (exact) mass is 365 g/mol. The maximum atomic E-state index is 13.6. The summed E-state index contributed by atoms with van der Waals surface area (Å²) in [7, 11) is 0. The molecule has 1 amide bonds. The summed E-state index contributed by atoms with van der Waals surface area (Å²) < 4.78 is 19.1. The van der Waals surface area contributed by atoms with Crippen LogP contribution in [-0.4, -0.2) is 22.6 Å². The molecule has 27 heavy (non-hydrogen) atoms. The summed E-state index contributed by atoms with van der Waals surface area (Å²) >= 11 is 0. The van der Waals surface area contributed by atoms with Gasteiger partial charge in [-0.05, 0) is 50.1 Å². The summed E-state index contributed by atoms with van der Waals surface area (Å²) in [4.78, 5) is 18.6. The number of halogens is 1. The van der Waals surface area contributed by atoms with Crippen LogP contribution in [0.25, 0.3) is 11.4 Å². The second-order valence-electron chi connectivity index (χ2n) is 7.11. The van der Waals surface area contributed by atoms with Crippen LogP contribution >= 0.6 is 0 Å². The molecule has 1 aliphatic heterocycles. The molecule has 1 unspecified atom stereocenters.